The molecule has 130 valence electrons. The lowest BCUT2D eigenvalue weighted by atomic mass is 10.0. The van der Waals surface area contributed by atoms with Crippen molar-refractivity contribution >= 4 is 18.3 Å². The van der Waals surface area contributed by atoms with Crippen molar-refractivity contribution in [3.8, 4) is 11.3 Å². The number of nitrogens with one attached hydrogen (secondary N) is 1. The van der Waals surface area contributed by atoms with Gasteiger partial charge in [0.25, 0.3) is 5.91 Å². The molecule has 0 spiro atoms. The smallest absolute Gasteiger partial charge is 0.254 e. The van der Waals surface area contributed by atoms with Crippen molar-refractivity contribution < 1.29 is 9.32 Å². The molecule has 1 aliphatic heterocycles. The van der Waals surface area contributed by atoms with Gasteiger partial charge in [-0.15, -0.1) is 12.4 Å². The van der Waals surface area contributed by atoms with Crippen LogP contribution in [0.1, 0.15) is 40.6 Å². The Morgan fingerprint density at radius 2 is 2.12 bits per heavy atom. The van der Waals surface area contributed by atoms with E-state index < -0.39 is 0 Å². The molecule has 3 aromatic rings. The minimum atomic E-state index is -0.0272. The van der Waals surface area contributed by atoms with Gasteiger partial charge in [0, 0.05) is 18.2 Å². The molecular weight excluding hydrogens is 340 g/mol. The number of halogens is 1. The lowest BCUT2D eigenvalue weighted by molar-refractivity contribution is 0.0733. The molecule has 0 radical (unpaired) electrons. The molecule has 0 bridgehead atoms. The maximum atomic E-state index is 12.9. The van der Waals surface area contributed by atoms with Gasteiger partial charge >= 0.3 is 0 Å². The monoisotopic (exact) mass is 358 g/mol. The molecule has 6 nitrogen and oxygen atoms in total. The molecule has 25 heavy (non-hydrogen) atoms. The summed E-state index contributed by atoms with van der Waals surface area (Å²) in [5, 5.41) is 11.2. The first-order chi connectivity index (χ1) is 11.7. The zero-order valence-electron chi connectivity index (χ0n) is 13.8. The fraction of sp³-hybridized carbons (Fsp3) is 0.278. The Morgan fingerprint density at radius 1 is 1.32 bits per heavy atom. The summed E-state index contributed by atoms with van der Waals surface area (Å²) in [6.45, 7) is 2.62. The van der Waals surface area contributed by atoms with Crippen LogP contribution in [0.25, 0.3) is 11.3 Å². The van der Waals surface area contributed by atoms with Crippen LogP contribution in [-0.4, -0.2) is 32.7 Å². The number of H-pyrrole nitrogens is 1. The number of likely N-dealkylation sites (tertiary alicyclic amines) is 1. The highest BCUT2D eigenvalue weighted by Gasteiger charge is 2.33. The van der Waals surface area contributed by atoms with Gasteiger partial charge in [0.1, 0.15) is 0 Å². The third-order valence-electron chi connectivity index (χ3n) is 4.43. The Balaban J connectivity index is 0.00000182. The number of aromatic amines is 1. The SMILES string of the molecule is Cc1cc(-c2cn[nH]c2C2CCCN2C(=O)c2ccccc2)on1.Cl. The van der Waals surface area contributed by atoms with Crippen LogP contribution < -0.4 is 0 Å². The summed E-state index contributed by atoms with van der Waals surface area (Å²) in [5.74, 6) is 0.725. The molecule has 4 rings (SSSR count). The number of hydrogen-bond donors (Lipinski definition) is 1. The predicted molar refractivity (Wildman–Crippen MR) is 95.5 cm³/mol. The minimum Gasteiger partial charge on any atom is -0.356 e. The van der Waals surface area contributed by atoms with Gasteiger partial charge < -0.3 is 9.42 Å². The summed E-state index contributed by atoms with van der Waals surface area (Å²) < 4.78 is 5.38. The second-order valence-electron chi connectivity index (χ2n) is 6.05. The quantitative estimate of drug-likeness (QED) is 0.773. The van der Waals surface area contributed by atoms with Crippen molar-refractivity contribution in [2.24, 2.45) is 0 Å². The zero-order chi connectivity index (χ0) is 16.5. The Hall–Kier alpha value is -2.60. The maximum Gasteiger partial charge on any atom is 0.254 e. The fourth-order valence-electron chi connectivity index (χ4n) is 3.29. The standard InChI is InChI=1S/C18H18N4O2.ClH/c1-12-10-16(24-21-12)14-11-19-20-17(14)15-8-5-9-22(15)18(23)13-6-3-2-4-7-13;/h2-4,6-7,10-11,15H,5,8-9H2,1H3,(H,19,20);1H. The van der Waals surface area contributed by atoms with Crippen LogP contribution in [0.15, 0.2) is 47.1 Å². The third kappa shape index (κ3) is 3.17. The number of nitrogens with zero attached hydrogens (tertiary/aromatic N) is 3. The molecule has 1 aromatic carbocycles. The zero-order valence-corrected chi connectivity index (χ0v) is 14.6. The van der Waals surface area contributed by atoms with Gasteiger partial charge in [0.15, 0.2) is 5.76 Å². The molecule has 1 saturated heterocycles. The molecular formula is C18H19ClN4O2. The van der Waals surface area contributed by atoms with Crippen LogP contribution in [0, 0.1) is 6.92 Å². The Morgan fingerprint density at radius 3 is 2.84 bits per heavy atom. The number of aromatic nitrogens is 3. The van der Waals surface area contributed by atoms with Crippen LogP contribution in [0.2, 0.25) is 0 Å². The average Bonchev–Trinajstić information content (AvgIpc) is 3.34. The normalized spacial score (nSPS) is 16.7. The van der Waals surface area contributed by atoms with E-state index in [0.717, 1.165) is 36.3 Å². The van der Waals surface area contributed by atoms with E-state index in [1.807, 2.05) is 48.2 Å². The number of carbonyl (C=O) groups excluding carboxylic acids is 1. The van der Waals surface area contributed by atoms with Crippen molar-refractivity contribution in [1.82, 2.24) is 20.3 Å². The van der Waals surface area contributed by atoms with Crippen LogP contribution in [0.4, 0.5) is 0 Å². The Labute approximate surface area is 151 Å². The van der Waals surface area contributed by atoms with Crippen molar-refractivity contribution in [1.29, 1.82) is 0 Å². The predicted octanol–water partition coefficient (Wildman–Crippen LogP) is 3.77. The van der Waals surface area contributed by atoms with Gasteiger partial charge in [-0.25, -0.2) is 0 Å². The molecule has 7 heteroatoms. The molecule has 0 saturated carbocycles. The highest BCUT2D eigenvalue weighted by atomic mass is 35.5. The summed E-state index contributed by atoms with van der Waals surface area (Å²) in [6, 6.07) is 11.2. The number of hydrogen-bond acceptors (Lipinski definition) is 4. The second kappa shape index (κ2) is 7.11. The van der Waals surface area contributed by atoms with Gasteiger partial charge in [-0.2, -0.15) is 5.10 Å². The maximum absolute atomic E-state index is 12.9. The largest absolute Gasteiger partial charge is 0.356 e. The first kappa shape index (κ1) is 17.2. The van der Waals surface area contributed by atoms with Crippen LogP contribution in [0.5, 0.6) is 0 Å². The van der Waals surface area contributed by atoms with E-state index in [2.05, 4.69) is 15.4 Å². The van der Waals surface area contributed by atoms with Crippen LogP contribution >= 0.6 is 12.4 Å². The van der Waals surface area contributed by atoms with Gasteiger partial charge in [-0.05, 0) is 31.9 Å². The summed E-state index contributed by atoms with van der Waals surface area (Å²) >= 11 is 0. The van der Waals surface area contributed by atoms with E-state index in [1.54, 1.807) is 6.20 Å². The minimum absolute atomic E-state index is 0. The van der Waals surface area contributed by atoms with E-state index in [4.69, 9.17) is 4.52 Å². The van der Waals surface area contributed by atoms with E-state index in [-0.39, 0.29) is 24.4 Å². The van der Waals surface area contributed by atoms with E-state index >= 15 is 0 Å². The molecule has 1 amide bonds. The van der Waals surface area contributed by atoms with E-state index in [9.17, 15) is 4.79 Å². The van der Waals surface area contributed by atoms with Crippen LogP contribution in [0.3, 0.4) is 0 Å². The number of carbonyl (C=O) groups is 1. The molecule has 2 aromatic heterocycles. The summed E-state index contributed by atoms with van der Waals surface area (Å²) in [4.78, 5) is 14.8. The van der Waals surface area contributed by atoms with Crippen molar-refractivity contribution in [2.75, 3.05) is 6.54 Å². The van der Waals surface area contributed by atoms with Gasteiger partial charge in [-0.1, -0.05) is 23.4 Å². The molecule has 1 unspecified atom stereocenters. The molecule has 1 atom stereocenters. The highest BCUT2D eigenvalue weighted by Crippen LogP contribution is 2.37. The second-order valence-corrected chi connectivity index (χ2v) is 6.05. The highest BCUT2D eigenvalue weighted by molar-refractivity contribution is 5.94. The van der Waals surface area contributed by atoms with E-state index in [1.165, 1.54) is 0 Å². The first-order valence-corrected chi connectivity index (χ1v) is 8.07. The van der Waals surface area contributed by atoms with Crippen molar-refractivity contribution in [3.05, 3.63) is 59.5 Å². The van der Waals surface area contributed by atoms with Gasteiger partial charge in [0.2, 0.25) is 0 Å². The van der Waals surface area contributed by atoms with Crippen LogP contribution in [-0.2, 0) is 0 Å². The van der Waals surface area contributed by atoms with Crippen molar-refractivity contribution in [2.45, 2.75) is 25.8 Å². The summed E-state index contributed by atoms with van der Waals surface area (Å²) in [7, 11) is 0. The molecule has 1 N–H and O–H groups in total. The lowest BCUT2D eigenvalue weighted by Crippen LogP contribution is -2.31. The molecule has 1 aliphatic rings. The van der Waals surface area contributed by atoms with E-state index in [0.29, 0.717) is 11.3 Å². The molecule has 3 heterocycles. The molecule has 0 aliphatic carbocycles. The number of rotatable bonds is 3. The summed E-state index contributed by atoms with van der Waals surface area (Å²) in [5.41, 5.74) is 3.31. The Kier molecular flexibility index (Phi) is 4.90. The number of amides is 1. The van der Waals surface area contributed by atoms with Crippen molar-refractivity contribution in [3.63, 3.8) is 0 Å². The number of benzene rings is 1. The topological polar surface area (TPSA) is 75.0 Å². The van der Waals surface area contributed by atoms with Gasteiger partial charge in [-0.3, -0.25) is 9.89 Å². The van der Waals surface area contributed by atoms with Gasteiger partial charge in [0.05, 0.1) is 29.2 Å². The lowest BCUT2D eigenvalue weighted by Gasteiger charge is -2.24. The fourth-order valence-corrected chi connectivity index (χ4v) is 3.29. The first-order valence-electron chi connectivity index (χ1n) is 8.07. The third-order valence-corrected chi connectivity index (χ3v) is 4.43. The molecule has 1 fully saturated rings. The average molecular weight is 359 g/mol. The summed E-state index contributed by atoms with van der Waals surface area (Å²) in [6.07, 6.45) is 3.61. The number of aryl methyl sites for hydroxylation is 1. The Bertz CT molecular complexity index is 859.